The lowest BCUT2D eigenvalue weighted by atomic mass is 10.2. The Morgan fingerprint density at radius 3 is 2.17 bits per heavy atom. The van der Waals surface area contributed by atoms with Crippen LogP contribution in [0.15, 0.2) is 12.1 Å². The first-order valence-corrected chi connectivity index (χ1v) is 3.32. The van der Waals surface area contributed by atoms with Crippen molar-refractivity contribution in [1.29, 1.82) is 0 Å². The van der Waals surface area contributed by atoms with Crippen LogP contribution >= 0.6 is 11.6 Å². The minimum atomic E-state index is -3.03. The lowest BCUT2D eigenvalue weighted by molar-refractivity contribution is 0.146. The van der Waals surface area contributed by atoms with Crippen LogP contribution in [0, 0.1) is 11.6 Å². The highest BCUT2D eigenvalue weighted by Gasteiger charge is 2.16. The minimum Gasteiger partial charge on any atom is -0.206 e. The van der Waals surface area contributed by atoms with Crippen molar-refractivity contribution in [1.82, 2.24) is 0 Å². The molecule has 0 nitrogen and oxygen atoms in total. The summed E-state index contributed by atoms with van der Waals surface area (Å²) in [6.07, 6.45) is -3.03. The van der Waals surface area contributed by atoms with Crippen LogP contribution in [-0.4, -0.2) is 0 Å². The van der Waals surface area contributed by atoms with Gasteiger partial charge in [-0.05, 0) is 12.1 Å². The predicted octanol–water partition coefficient (Wildman–Crippen LogP) is 3.56. The van der Waals surface area contributed by atoms with Crippen LogP contribution < -0.4 is 0 Å². The van der Waals surface area contributed by atoms with E-state index < -0.39 is 28.6 Å². The molecule has 0 N–H and O–H groups in total. The second kappa shape index (κ2) is 3.31. The highest BCUT2D eigenvalue weighted by molar-refractivity contribution is 6.30. The fourth-order valence-electron chi connectivity index (χ4n) is 0.705. The fraction of sp³-hybridized carbons (Fsp3) is 0.143. The van der Waals surface area contributed by atoms with E-state index in [0.717, 1.165) is 0 Å². The Hall–Kier alpha value is -0.770. The molecular formula is C7H3ClF4. The molecule has 0 heterocycles. The van der Waals surface area contributed by atoms with Crippen LogP contribution in [0.4, 0.5) is 17.6 Å². The van der Waals surface area contributed by atoms with E-state index in [1.165, 1.54) is 0 Å². The normalized spacial score (nSPS) is 10.8. The molecule has 12 heavy (non-hydrogen) atoms. The summed E-state index contributed by atoms with van der Waals surface area (Å²) in [5.41, 5.74) is -0.975. The first-order chi connectivity index (χ1) is 5.52. The molecular weight excluding hydrogens is 196 g/mol. The van der Waals surface area contributed by atoms with Crippen molar-refractivity contribution in [3.05, 3.63) is 34.4 Å². The van der Waals surface area contributed by atoms with E-state index in [1.807, 2.05) is 0 Å². The highest BCUT2D eigenvalue weighted by Crippen LogP contribution is 2.26. The van der Waals surface area contributed by atoms with Crippen LogP contribution in [0.3, 0.4) is 0 Å². The Balaban J connectivity index is 3.23. The molecule has 0 aromatic heterocycles. The summed E-state index contributed by atoms with van der Waals surface area (Å²) in [4.78, 5) is 0. The lowest BCUT2D eigenvalue weighted by Gasteiger charge is -2.02. The van der Waals surface area contributed by atoms with Gasteiger partial charge in [-0.25, -0.2) is 17.6 Å². The maximum absolute atomic E-state index is 12.6. The predicted molar refractivity (Wildman–Crippen MR) is 36.3 cm³/mol. The van der Waals surface area contributed by atoms with Gasteiger partial charge in [0, 0.05) is 0 Å². The molecule has 0 aliphatic rings. The number of rotatable bonds is 1. The number of halogens is 5. The Labute approximate surface area is 70.8 Å². The van der Waals surface area contributed by atoms with E-state index in [1.54, 1.807) is 0 Å². The van der Waals surface area contributed by atoms with Gasteiger partial charge in [0.1, 0.15) is 11.6 Å². The molecule has 0 atom stereocenters. The zero-order valence-corrected chi connectivity index (χ0v) is 6.38. The second-order valence-corrected chi connectivity index (χ2v) is 2.50. The Bertz CT molecular complexity index is 298. The van der Waals surface area contributed by atoms with Crippen molar-refractivity contribution in [3.8, 4) is 0 Å². The minimum absolute atomic E-state index is 0.391. The van der Waals surface area contributed by atoms with Gasteiger partial charge in [0.05, 0.1) is 10.6 Å². The summed E-state index contributed by atoms with van der Waals surface area (Å²) < 4.78 is 48.8. The molecule has 0 aliphatic carbocycles. The zero-order valence-electron chi connectivity index (χ0n) is 5.62. The summed E-state index contributed by atoms with van der Waals surface area (Å²) in [6.45, 7) is 0. The summed E-state index contributed by atoms with van der Waals surface area (Å²) in [5, 5.41) is -0.503. The molecule has 0 radical (unpaired) electrons. The third-order valence-electron chi connectivity index (χ3n) is 1.27. The van der Waals surface area contributed by atoms with Gasteiger partial charge in [-0.3, -0.25) is 0 Å². The fourth-order valence-corrected chi connectivity index (χ4v) is 0.856. The molecule has 0 aliphatic heterocycles. The van der Waals surface area contributed by atoms with E-state index >= 15 is 0 Å². The van der Waals surface area contributed by atoms with Crippen LogP contribution in [0.25, 0.3) is 0 Å². The van der Waals surface area contributed by atoms with E-state index in [4.69, 9.17) is 11.6 Å². The van der Waals surface area contributed by atoms with Gasteiger partial charge in [-0.15, -0.1) is 0 Å². The van der Waals surface area contributed by atoms with Crippen molar-refractivity contribution in [2.75, 3.05) is 0 Å². The summed E-state index contributed by atoms with van der Waals surface area (Å²) in [7, 11) is 0. The number of hydrogen-bond donors (Lipinski definition) is 0. The van der Waals surface area contributed by atoms with Crippen molar-refractivity contribution in [3.63, 3.8) is 0 Å². The maximum Gasteiger partial charge on any atom is 0.266 e. The van der Waals surface area contributed by atoms with E-state index in [-0.39, 0.29) is 0 Å². The van der Waals surface area contributed by atoms with Gasteiger partial charge in [-0.1, -0.05) is 11.6 Å². The van der Waals surface area contributed by atoms with Crippen molar-refractivity contribution in [2.45, 2.75) is 6.43 Å². The monoisotopic (exact) mass is 198 g/mol. The average Bonchev–Trinajstić information content (AvgIpc) is 1.96. The first kappa shape index (κ1) is 9.32. The van der Waals surface area contributed by atoms with Crippen LogP contribution in [0.2, 0.25) is 5.02 Å². The largest absolute Gasteiger partial charge is 0.266 e. The molecule has 66 valence electrons. The summed E-state index contributed by atoms with van der Waals surface area (Å²) in [5.74, 6) is -2.25. The van der Waals surface area contributed by atoms with E-state index in [9.17, 15) is 17.6 Å². The van der Waals surface area contributed by atoms with Crippen LogP contribution in [0.1, 0.15) is 12.0 Å². The quantitative estimate of drug-likeness (QED) is 0.478. The topological polar surface area (TPSA) is 0 Å². The Morgan fingerprint density at radius 2 is 1.67 bits per heavy atom. The highest BCUT2D eigenvalue weighted by atomic mass is 35.5. The molecule has 1 rings (SSSR count). The molecule has 0 unspecified atom stereocenters. The molecule has 5 heteroatoms. The molecule has 0 saturated carbocycles. The average molecular weight is 199 g/mol. The van der Waals surface area contributed by atoms with Crippen LogP contribution in [0.5, 0.6) is 0 Å². The molecule has 1 aromatic rings. The smallest absolute Gasteiger partial charge is 0.206 e. The van der Waals surface area contributed by atoms with Gasteiger partial charge in [0.25, 0.3) is 6.43 Å². The van der Waals surface area contributed by atoms with Crippen LogP contribution in [-0.2, 0) is 0 Å². The molecule has 0 bridgehead atoms. The number of benzene rings is 1. The maximum atomic E-state index is 12.6. The first-order valence-electron chi connectivity index (χ1n) is 2.95. The van der Waals surface area contributed by atoms with Crippen molar-refractivity contribution in [2.24, 2.45) is 0 Å². The van der Waals surface area contributed by atoms with Gasteiger partial charge >= 0.3 is 0 Å². The lowest BCUT2D eigenvalue weighted by Crippen LogP contribution is -1.92. The van der Waals surface area contributed by atoms with Gasteiger partial charge in [0.15, 0.2) is 0 Å². The zero-order chi connectivity index (χ0) is 9.30. The molecule has 1 aromatic carbocycles. The summed E-state index contributed by atoms with van der Waals surface area (Å²) >= 11 is 5.13. The Kier molecular flexibility index (Phi) is 2.57. The Morgan fingerprint density at radius 1 is 1.08 bits per heavy atom. The van der Waals surface area contributed by atoms with Gasteiger partial charge in [0.2, 0.25) is 0 Å². The van der Waals surface area contributed by atoms with Crippen molar-refractivity contribution >= 4 is 11.6 Å². The molecule has 0 spiro atoms. The molecule has 0 amide bonds. The van der Waals surface area contributed by atoms with Crippen molar-refractivity contribution < 1.29 is 17.6 Å². The third kappa shape index (κ3) is 1.69. The third-order valence-corrected chi connectivity index (χ3v) is 1.56. The van der Waals surface area contributed by atoms with Gasteiger partial charge < -0.3 is 0 Å². The number of alkyl halides is 2. The van der Waals surface area contributed by atoms with E-state index in [2.05, 4.69) is 0 Å². The second-order valence-electron chi connectivity index (χ2n) is 2.09. The van der Waals surface area contributed by atoms with Gasteiger partial charge in [-0.2, -0.15) is 0 Å². The summed E-state index contributed by atoms with van der Waals surface area (Å²) in [6, 6.07) is 0.917. The number of hydrogen-bond acceptors (Lipinski definition) is 0. The molecule has 0 saturated heterocycles. The van der Waals surface area contributed by atoms with E-state index in [0.29, 0.717) is 12.1 Å². The molecule has 0 fully saturated rings. The standard InChI is InChI=1S/C7H3ClF4/c8-4-2-5(9)3(7(11)12)1-6(4)10/h1-2,7H. The SMILES string of the molecule is Fc1cc(C(F)F)c(F)cc1Cl.